The monoisotopic (exact) mass is 456 g/mol. The number of hydrogen-bond donors (Lipinski definition) is 1. The Morgan fingerprint density at radius 3 is 1.97 bits per heavy atom. The predicted molar refractivity (Wildman–Crippen MR) is 124 cm³/mol. The number of ether oxygens (including phenoxy) is 3. The predicted octanol–water partition coefficient (Wildman–Crippen LogP) is 4.24. The molecule has 1 atom stereocenters. The summed E-state index contributed by atoms with van der Waals surface area (Å²) < 4.78 is 15.8. The second kappa shape index (κ2) is 11.4. The molecule has 2 amide bonds. The number of aryl methyl sites for hydroxylation is 1. The van der Waals surface area contributed by atoms with Gasteiger partial charge in [-0.1, -0.05) is 24.3 Å². The Kier molecular flexibility index (Phi) is 8.85. The minimum atomic E-state index is -0.891. The highest BCUT2D eigenvalue weighted by Gasteiger charge is 2.27. The summed E-state index contributed by atoms with van der Waals surface area (Å²) in [5, 5.41) is 2.64. The first-order valence-electron chi connectivity index (χ1n) is 10.6. The first-order chi connectivity index (χ1) is 15.5. The summed E-state index contributed by atoms with van der Waals surface area (Å²) in [7, 11) is 4.62. The van der Waals surface area contributed by atoms with E-state index in [0.717, 1.165) is 5.56 Å². The fourth-order valence-electron chi connectivity index (χ4n) is 2.91. The smallest absolute Gasteiger partial charge is 0.408 e. The molecule has 0 aliphatic rings. The first kappa shape index (κ1) is 25.7. The molecule has 0 radical (unpaired) electrons. The van der Waals surface area contributed by atoms with Crippen LogP contribution in [0.1, 0.15) is 44.4 Å². The lowest BCUT2D eigenvalue weighted by Gasteiger charge is -2.25. The number of carbonyl (C=O) groups excluding carboxylic acids is 3. The Morgan fingerprint density at radius 1 is 0.939 bits per heavy atom. The molecule has 0 aliphatic carbocycles. The fraction of sp³-hybridized carbons (Fsp3) is 0.400. The van der Waals surface area contributed by atoms with Crippen LogP contribution in [0.25, 0.3) is 0 Å². The van der Waals surface area contributed by atoms with Crippen LogP contribution in [0.3, 0.4) is 0 Å². The van der Waals surface area contributed by atoms with Crippen LogP contribution in [0.4, 0.5) is 4.79 Å². The topological polar surface area (TPSA) is 94.2 Å². The van der Waals surface area contributed by atoms with Gasteiger partial charge in [-0.3, -0.25) is 9.59 Å². The number of likely N-dealkylation sites (N-methyl/N-ethyl adjacent to an activating group) is 1. The van der Waals surface area contributed by atoms with Crippen molar-refractivity contribution in [2.45, 2.75) is 45.3 Å². The van der Waals surface area contributed by atoms with Gasteiger partial charge in [0.2, 0.25) is 5.91 Å². The molecule has 0 spiro atoms. The van der Waals surface area contributed by atoms with E-state index in [4.69, 9.17) is 9.47 Å². The molecule has 8 nitrogen and oxygen atoms in total. The third-order valence-corrected chi connectivity index (χ3v) is 4.57. The van der Waals surface area contributed by atoms with Crippen molar-refractivity contribution in [2.75, 3.05) is 21.2 Å². The molecule has 178 valence electrons. The summed E-state index contributed by atoms with van der Waals surface area (Å²) in [5.41, 5.74) is 0.925. The van der Waals surface area contributed by atoms with Gasteiger partial charge in [0.15, 0.2) is 0 Å². The number of amides is 2. The van der Waals surface area contributed by atoms with Gasteiger partial charge in [-0.2, -0.15) is 0 Å². The normalized spacial score (nSPS) is 11.8. The summed E-state index contributed by atoms with van der Waals surface area (Å²) in [6.45, 7) is 5.27. The molecule has 0 aromatic heterocycles. The zero-order chi connectivity index (χ0) is 24.6. The van der Waals surface area contributed by atoms with E-state index in [-0.39, 0.29) is 11.9 Å². The molecule has 0 bridgehead atoms. The van der Waals surface area contributed by atoms with Gasteiger partial charge >= 0.3 is 12.1 Å². The summed E-state index contributed by atoms with van der Waals surface area (Å²) >= 11 is 0. The third kappa shape index (κ3) is 8.48. The van der Waals surface area contributed by atoms with E-state index < -0.39 is 17.7 Å². The molecular weight excluding hydrogens is 424 g/mol. The molecule has 1 unspecified atom stereocenters. The van der Waals surface area contributed by atoms with Gasteiger partial charge in [0.25, 0.3) is 0 Å². The molecule has 0 aliphatic heterocycles. The number of carbonyl (C=O) groups is 3. The molecule has 2 aromatic carbocycles. The van der Waals surface area contributed by atoms with Crippen molar-refractivity contribution in [3.05, 3.63) is 59.7 Å². The van der Waals surface area contributed by atoms with Crippen molar-refractivity contribution in [3.63, 3.8) is 0 Å². The first-order valence-corrected chi connectivity index (χ1v) is 10.6. The maximum Gasteiger partial charge on any atom is 0.408 e. The van der Waals surface area contributed by atoms with E-state index in [2.05, 4.69) is 10.1 Å². The average molecular weight is 457 g/mol. The Hall–Kier alpha value is -3.55. The Morgan fingerprint density at radius 2 is 1.48 bits per heavy atom. The lowest BCUT2D eigenvalue weighted by molar-refractivity contribution is -0.140. The molecule has 1 N–H and O–H groups in total. The number of rotatable bonds is 8. The van der Waals surface area contributed by atoms with Gasteiger partial charge in [-0.25, -0.2) is 4.79 Å². The Balaban J connectivity index is 2.08. The zero-order valence-electron chi connectivity index (χ0n) is 20.0. The van der Waals surface area contributed by atoms with Gasteiger partial charge in [-0.15, -0.1) is 0 Å². The van der Waals surface area contributed by atoms with Gasteiger partial charge < -0.3 is 24.4 Å². The molecule has 0 heterocycles. The highest BCUT2D eigenvalue weighted by Crippen LogP contribution is 2.25. The van der Waals surface area contributed by atoms with Gasteiger partial charge in [0, 0.05) is 20.5 Å². The van der Waals surface area contributed by atoms with Crippen LogP contribution in [-0.4, -0.2) is 49.7 Å². The van der Waals surface area contributed by atoms with Crippen LogP contribution < -0.4 is 10.1 Å². The number of alkyl carbamates (subject to hydrolysis) is 1. The fourth-order valence-corrected chi connectivity index (χ4v) is 2.91. The van der Waals surface area contributed by atoms with E-state index in [1.165, 1.54) is 12.0 Å². The van der Waals surface area contributed by atoms with Crippen LogP contribution >= 0.6 is 0 Å². The highest BCUT2D eigenvalue weighted by atomic mass is 16.6. The largest absolute Gasteiger partial charge is 0.469 e. The Bertz CT molecular complexity index is 946. The van der Waals surface area contributed by atoms with Crippen molar-refractivity contribution < 1.29 is 28.6 Å². The maximum atomic E-state index is 12.7. The number of hydrogen-bond acceptors (Lipinski definition) is 6. The van der Waals surface area contributed by atoms with E-state index in [9.17, 15) is 14.4 Å². The standard InChI is InChI=1S/C25H32N2O6/c1-25(2,3)33-24(30)26-22(23(29)27(4)5)18-10-14-20(15-11-18)32-19-12-7-17(8-13-19)9-16-21(28)31-6/h7-8,10-15,22H,9,16H2,1-6H3,(H,26,30). The van der Waals surface area contributed by atoms with Crippen molar-refractivity contribution in [1.29, 1.82) is 0 Å². The van der Waals surface area contributed by atoms with Gasteiger partial charge in [0.1, 0.15) is 23.1 Å². The van der Waals surface area contributed by atoms with Crippen LogP contribution in [-0.2, 0) is 25.5 Å². The highest BCUT2D eigenvalue weighted by molar-refractivity contribution is 5.86. The number of methoxy groups -OCH3 is 1. The SMILES string of the molecule is COC(=O)CCc1ccc(Oc2ccc(C(NC(=O)OC(C)(C)C)C(=O)N(C)C)cc2)cc1. The van der Waals surface area contributed by atoms with Crippen LogP contribution in [0.2, 0.25) is 0 Å². The maximum absolute atomic E-state index is 12.7. The summed E-state index contributed by atoms with van der Waals surface area (Å²) in [5.74, 6) is 0.687. The van der Waals surface area contributed by atoms with Crippen molar-refractivity contribution in [3.8, 4) is 11.5 Å². The van der Waals surface area contributed by atoms with Crippen LogP contribution in [0.15, 0.2) is 48.5 Å². The van der Waals surface area contributed by atoms with Crippen molar-refractivity contribution in [2.24, 2.45) is 0 Å². The van der Waals surface area contributed by atoms with Gasteiger partial charge in [-0.05, 0) is 62.6 Å². The van der Waals surface area contributed by atoms with Crippen LogP contribution in [0.5, 0.6) is 11.5 Å². The lowest BCUT2D eigenvalue weighted by Crippen LogP contribution is -2.42. The average Bonchev–Trinajstić information content (AvgIpc) is 2.75. The Labute approximate surface area is 194 Å². The van der Waals surface area contributed by atoms with Crippen molar-refractivity contribution >= 4 is 18.0 Å². The molecule has 2 rings (SSSR count). The number of nitrogens with zero attached hydrogens (tertiary/aromatic N) is 1. The van der Waals surface area contributed by atoms with E-state index in [1.54, 1.807) is 59.1 Å². The molecule has 2 aromatic rings. The second-order valence-corrected chi connectivity index (χ2v) is 8.70. The van der Waals surface area contributed by atoms with E-state index >= 15 is 0 Å². The van der Waals surface area contributed by atoms with E-state index in [0.29, 0.717) is 29.9 Å². The molecule has 0 fully saturated rings. The molecular formula is C25H32N2O6. The number of esters is 1. The third-order valence-electron chi connectivity index (χ3n) is 4.57. The summed E-state index contributed by atoms with van der Waals surface area (Å²) in [6.07, 6.45) is 0.242. The summed E-state index contributed by atoms with van der Waals surface area (Å²) in [6, 6.07) is 13.4. The minimum Gasteiger partial charge on any atom is -0.469 e. The quantitative estimate of drug-likeness (QED) is 0.597. The lowest BCUT2D eigenvalue weighted by atomic mass is 10.1. The number of nitrogens with one attached hydrogen (secondary N) is 1. The zero-order valence-corrected chi connectivity index (χ0v) is 20.0. The van der Waals surface area contributed by atoms with Gasteiger partial charge in [0.05, 0.1) is 7.11 Å². The van der Waals surface area contributed by atoms with E-state index in [1.807, 2.05) is 24.3 Å². The molecule has 0 saturated heterocycles. The molecule has 33 heavy (non-hydrogen) atoms. The number of benzene rings is 2. The van der Waals surface area contributed by atoms with Crippen LogP contribution in [0, 0.1) is 0 Å². The molecule has 0 saturated carbocycles. The summed E-state index contributed by atoms with van der Waals surface area (Å²) in [4.78, 5) is 37.6. The second-order valence-electron chi connectivity index (χ2n) is 8.70. The minimum absolute atomic E-state index is 0.248. The van der Waals surface area contributed by atoms with Crippen molar-refractivity contribution in [1.82, 2.24) is 10.2 Å². The molecule has 8 heteroatoms.